The Labute approximate surface area is 107 Å². The van der Waals surface area contributed by atoms with Gasteiger partial charge in [-0.3, -0.25) is 0 Å². The lowest BCUT2D eigenvalue weighted by molar-refractivity contribution is 0.0806. The maximum absolute atomic E-state index is 9.20. The van der Waals surface area contributed by atoms with Crippen LogP contribution in [-0.2, 0) is 0 Å². The summed E-state index contributed by atoms with van der Waals surface area (Å²) in [6.45, 7) is 2.11. The number of aliphatic hydroxyl groups excluding tert-OH is 2. The van der Waals surface area contributed by atoms with Gasteiger partial charge in [0.05, 0.1) is 27.4 Å². The highest BCUT2D eigenvalue weighted by Crippen LogP contribution is 2.30. The maximum atomic E-state index is 9.20. The number of nitrogens with one attached hydrogen (secondary N) is 1. The third-order valence-corrected chi connectivity index (χ3v) is 2.87. The number of aliphatic hydroxyl groups is 2. The maximum Gasteiger partial charge on any atom is 0.162 e. The Morgan fingerprint density at radius 1 is 1.11 bits per heavy atom. The molecule has 5 heteroatoms. The zero-order chi connectivity index (χ0) is 13.6. The molecule has 0 aliphatic rings. The molecule has 0 radical (unpaired) electrons. The lowest BCUT2D eigenvalue weighted by Gasteiger charge is -2.25. The number of hydrogen-bond acceptors (Lipinski definition) is 5. The molecule has 0 unspecified atom stereocenters. The molecule has 0 heterocycles. The van der Waals surface area contributed by atoms with E-state index in [0.717, 1.165) is 5.69 Å². The van der Waals surface area contributed by atoms with E-state index in [-0.39, 0.29) is 13.2 Å². The summed E-state index contributed by atoms with van der Waals surface area (Å²) in [5, 5.41) is 21.6. The predicted molar refractivity (Wildman–Crippen MR) is 70.3 cm³/mol. The van der Waals surface area contributed by atoms with E-state index in [0.29, 0.717) is 18.0 Å². The standard InChI is InChI=1S/C13H21NO4/c1-13(8-15,9-16)7-14-10-4-5-11(17-2)12(6-10)18-3/h4-6,14-16H,7-9H2,1-3H3. The van der Waals surface area contributed by atoms with Gasteiger partial charge in [0.2, 0.25) is 0 Å². The van der Waals surface area contributed by atoms with Gasteiger partial charge in [-0.25, -0.2) is 0 Å². The highest BCUT2D eigenvalue weighted by Gasteiger charge is 2.22. The van der Waals surface area contributed by atoms with E-state index in [4.69, 9.17) is 9.47 Å². The van der Waals surface area contributed by atoms with E-state index in [9.17, 15) is 10.2 Å². The van der Waals surface area contributed by atoms with Gasteiger partial charge in [0, 0.05) is 23.7 Å². The molecule has 0 aliphatic carbocycles. The van der Waals surface area contributed by atoms with Crippen LogP contribution in [0.1, 0.15) is 6.92 Å². The summed E-state index contributed by atoms with van der Waals surface area (Å²) in [5.41, 5.74) is 0.299. The van der Waals surface area contributed by atoms with Crippen molar-refractivity contribution in [3.63, 3.8) is 0 Å². The molecule has 1 rings (SSSR count). The Balaban J connectivity index is 2.74. The first-order chi connectivity index (χ1) is 8.58. The molecule has 1 aromatic rings. The first-order valence-electron chi connectivity index (χ1n) is 5.76. The minimum atomic E-state index is -0.548. The van der Waals surface area contributed by atoms with Crippen LogP contribution in [0, 0.1) is 5.41 Å². The Bertz CT molecular complexity index is 377. The molecule has 0 amide bonds. The zero-order valence-corrected chi connectivity index (χ0v) is 11.1. The van der Waals surface area contributed by atoms with Crippen molar-refractivity contribution in [3.05, 3.63) is 18.2 Å². The second-order valence-electron chi connectivity index (χ2n) is 4.55. The van der Waals surface area contributed by atoms with Crippen molar-refractivity contribution in [2.75, 3.05) is 39.3 Å². The fourth-order valence-electron chi connectivity index (χ4n) is 1.42. The van der Waals surface area contributed by atoms with Gasteiger partial charge < -0.3 is 25.0 Å². The van der Waals surface area contributed by atoms with E-state index in [1.807, 2.05) is 12.1 Å². The minimum Gasteiger partial charge on any atom is -0.493 e. The van der Waals surface area contributed by atoms with E-state index >= 15 is 0 Å². The van der Waals surface area contributed by atoms with Crippen molar-refractivity contribution in [3.8, 4) is 11.5 Å². The first kappa shape index (κ1) is 14.6. The van der Waals surface area contributed by atoms with Crippen molar-refractivity contribution >= 4 is 5.69 Å². The van der Waals surface area contributed by atoms with E-state index < -0.39 is 5.41 Å². The zero-order valence-electron chi connectivity index (χ0n) is 11.1. The molecular weight excluding hydrogens is 234 g/mol. The molecule has 0 saturated heterocycles. The third kappa shape index (κ3) is 3.51. The Morgan fingerprint density at radius 3 is 2.22 bits per heavy atom. The number of hydrogen-bond donors (Lipinski definition) is 3. The summed E-state index contributed by atoms with van der Waals surface area (Å²) in [7, 11) is 3.16. The average Bonchev–Trinajstić information content (AvgIpc) is 2.44. The summed E-state index contributed by atoms with van der Waals surface area (Å²) < 4.78 is 10.3. The Morgan fingerprint density at radius 2 is 1.72 bits per heavy atom. The topological polar surface area (TPSA) is 71.0 Å². The number of methoxy groups -OCH3 is 2. The highest BCUT2D eigenvalue weighted by molar-refractivity contribution is 5.54. The number of ether oxygens (including phenoxy) is 2. The fraction of sp³-hybridized carbons (Fsp3) is 0.538. The molecule has 5 nitrogen and oxygen atoms in total. The molecule has 0 atom stereocenters. The monoisotopic (exact) mass is 255 g/mol. The first-order valence-corrected chi connectivity index (χ1v) is 5.76. The molecule has 18 heavy (non-hydrogen) atoms. The molecule has 0 spiro atoms. The lowest BCUT2D eigenvalue weighted by atomic mass is 9.93. The van der Waals surface area contributed by atoms with Crippen LogP contribution in [0.4, 0.5) is 5.69 Å². The molecule has 0 aromatic heterocycles. The summed E-state index contributed by atoms with van der Waals surface area (Å²) in [6, 6.07) is 5.47. The van der Waals surface area contributed by atoms with Crippen LogP contribution in [0.5, 0.6) is 11.5 Å². The van der Waals surface area contributed by atoms with Gasteiger partial charge in [-0.05, 0) is 12.1 Å². The SMILES string of the molecule is COc1ccc(NCC(C)(CO)CO)cc1OC. The second kappa shape index (κ2) is 6.47. The van der Waals surface area contributed by atoms with Crippen molar-refractivity contribution in [1.29, 1.82) is 0 Å². The average molecular weight is 255 g/mol. The minimum absolute atomic E-state index is 0.0796. The summed E-state index contributed by atoms with van der Waals surface area (Å²) >= 11 is 0. The molecule has 0 fully saturated rings. The van der Waals surface area contributed by atoms with Gasteiger partial charge in [0.15, 0.2) is 11.5 Å². The largest absolute Gasteiger partial charge is 0.493 e. The van der Waals surface area contributed by atoms with Crippen LogP contribution in [0.25, 0.3) is 0 Å². The lowest BCUT2D eigenvalue weighted by Crippen LogP contribution is -2.34. The van der Waals surface area contributed by atoms with E-state index in [2.05, 4.69) is 5.32 Å². The quantitative estimate of drug-likeness (QED) is 0.680. The Hall–Kier alpha value is -1.46. The highest BCUT2D eigenvalue weighted by atomic mass is 16.5. The molecule has 0 aliphatic heterocycles. The summed E-state index contributed by atoms with van der Waals surface area (Å²) in [6.07, 6.45) is 0. The van der Waals surface area contributed by atoms with Crippen LogP contribution in [0.3, 0.4) is 0 Å². The van der Waals surface area contributed by atoms with E-state index in [1.165, 1.54) is 0 Å². The van der Waals surface area contributed by atoms with Gasteiger partial charge in [0.1, 0.15) is 0 Å². The van der Waals surface area contributed by atoms with Crippen molar-refractivity contribution in [1.82, 2.24) is 0 Å². The number of anilines is 1. The van der Waals surface area contributed by atoms with Crippen molar-refractivity contribution in [2.24, 2.45) is 5.41 Å². The number of benzene rings is 1. The summed E-state index contributed by atoms with van der Waals surface area (Å²) in [5.74, 6) is 1.30. The molecular formula is C13H21NO4. The summed E-state index contributed by atoms with van der Waals surface area (Å²) in [4.78, 5) is 0. The van der Waals surface area contributed by atoms with Gasteiger partial charge in [-0.15, -0.1) is 0 Å². The van der Waals surface area contributed by atoms with Gasteiger partial charge in [-0.2, -0.15) is 0 Å². The second-order valence-corrected chi connectivity index (χ2v) is 4.55. The van der Waals surface area contributed by atoms with Crippen LogP contribution in [0.2, 0.25) is 0 Å². The molecule has 0 saturated carbocycles. The fourth-order valence-corrected chi connectivity index (χ4v) is 1.42. The molecule has 3 N–H and O–H groups in total. The predicted octanol–water partition coefficient (Wildman–Crippen LogP) is 1.11. The van der Waals surface area contributed by atoms with E-state index in [1.54, 1.807) is 27.2 Å². The van der Waals surface area contributed by atoms with Crippen LogP contribution in [0.15, 0.2) is 18.2 Å². The molecule has 0 bridgehead atoms. The molecule has 1 aromatic carbocycles. The normalized spacial score (nSPS) is 11.2. The van der Waals surface area contributed by atoms with Gasteiger partial charge in [0.25, 0.3) is 0 Å². The van der Waals surface area contributed by atoms with Crippen LogP contribution >= 0.6 is 0 Å². The smallest absolute Gasteiger partial charge is 0.162 e. The van der Waals surface area contributed by atoms with Gasteiger partial charge in [-0.1, -0.05) is 6.92 Å². The van der Waals surface area contributed by atoms with Crippen molar-refractivity contribution < 1.29 is 19.7 Å². The third-order valence-electron chi connectivity index (χ3n) is 2.87. The van der Waals surface area contributed by atoms with Crippen LogP contribution in [-0.4, -0.2) is 44.2 Å². The van der Waals surface area contributed by atoms with Gasteiger partial charge >= 0.3 is 0 Å². The van der Waals surface area contributed by atoms with Crippen molar-refractivity contribution in [2.45, 2.75) is 6.92 Å². The Kier molecular flexibility index (Phi) is 5.25. The van der Waals surface area contributed by atoms with Crippen LogP contribution < -0.4 is 14.8 Å². The molecule has 102 valence electrons. The number of rotatable bonds is 7.